The second-order valence-electron chi connectivity index (χ2n) is 7.77. The van der Waals surface area contributed by atoms with Crippen LogP contribution in [0.3, 0.4) is 0 Å². The van der Waals surface area contributed by atoms with Crippen molar-refractivity contribution < 1.29 is 19.3 Å². The minimum absolute atomic E-state index is 0.0257. The standard InChI is InChI=1S/C25H29NO4/c1-19-7-2-5-11-24(19)29-17-21(27)15-26-13-14-28-22(16-26)18-30-25-12-6-9-20-8-3-4-10-23(20)25/h2-12,21-22,27H,13-18H2,1H3. The number of rotatable bonds is 8. The summed E-state index contributed by atoms with van der Waals surface area (Å²) in [5, 5.41) is 12.7. The lowest BCUT2D eigenvalue weighted by atomic mass is 10.1. The monoisotopic (exact) mass is 407 g/mol. The Bertz CT molecular complexity index is 955. The molecule has 3 aromatic rings. The minimum Gasteiger partial charge on any atom is -0.491 e. The molecule has 5 heteroatoms. The molecule has 1 fully saturated rings. The first kappa shape index (κ1) is 20.7. The van der Waals surface area contributed by atoms with E-state index in [-0.39, 0.29) is 12.7 Å². The van der Waals surface area contributed by atoms with E-state index in [1.165, 1.54) is 0 Å². The molecule has 4 rings (SSSR count). The van der Waals surface area contributed by atoms with Crippen molar-refractivity contribution >= 4 is 10.8 Å². The summed E-state index contributed by atoms with van der Waals surface area (Å²) in [6.45, 7) is 5.48. The number of hydrogen-bond acceptors (Lipinski definition) is 5. The van der Waals surface area contributed by atoms with Crippen LogP contribution in [0.5, 0.6) is 11.5 Å². The first-order valence-corrected chi connectivity index (χ1v) is 10.5. The molecule has 158 valence electrons. The summed E-state index contributed by atoms with van der Waals surface area (Å²) in [5.74, 6) is 1.69. The minimum atomic E-state index is -0.553. The Labute approximate surface area is 177 Å². The molecule has 1 heterocycles. The van der Waals surface area contributed by atoms with Gasteiger partial charge >= 0.3 is 0 Å². The SMILES string of the molecule is Cc1ccccc1OCC(O)CN1CCOC(COc2cccc3ccccc23)C1. The average Bonchev–Trinajstić information content (AvgIpc) is 2.77. The summed E-state index contributed by atoms with van der Waals surface area (Å²) in [7, 11) is 0. The molecule has 0 aliphatic carbocycles. The third-order valence-corrected chi connectivity index (χ3v) is 5.39. The summed E-state index contributed by atoms with van der Waals surface area (Å²) >= 11 is 0. The highest BCUT2D eigenvalue weighted by Crippen LogP contribution is 2.25. The van der Waals surface area contributed by atoms with Gasteiger partial charge in [0.15, 0.2) is 0 Å². The fourth-order valence-electron chi connectivity index (χ4n) is 3.81. The molecule has 2 unspecified atom stereocenters. The van der Waals surface area contributed by atoms with E-state index in [1.54, 1.807) is 0 Å². The Balaban J connectivity index is 1.26. The lowest BCUT2D eigenvalue weighted by Crippen LogP contribution is -2.48. The quantitative estimate of drug-likeness (QED) is 0.618. The molecule has 1 saturated heterocycles. The molecule has 0 saturated carbocycles. The van der Waals surface area contributed by atoms with E-state index < -0.39 is 6.10 Å². The van der Waals surface area contributed by atoms with E-state index in [2.05, 4.69) is 23.1 Å². The summed E-state index contributed by atoms with van der Waals surface area (Å²) in [6.07, 6.45) is -0.579. The molecule has 1 N–H and O–H groups in total. The second-order valence-corrected chi connectivity index (χ2v) is 7.77. The van der Waals surface area contributed by atoms with Gasteiger partial charge in [0.1, 0.15) is 36.9 Å². The zero-order valence-electron chi connectivity index (χ0n) is 17.4. The molecule has 0 bridgehead atoms. The summed E-state index contributed by atoms with van der Waals surface area (Å²) in [5.41, 5.74) is 1.07. The lowest BCUT2D eigenvalue weighted by Gasteiger charge is -2.34. The van der Waals surface area contributed by atoms with Crippen molar-refractivity contribution in [3.63, 3.8) is 0 Å². The average molecular weight is 408 g/mol. The Morgan fingerprint density at radius 3 is 2.67 bits per heavy atom. The molecule has 2 atom stereocenters. The van der Waals surface area contributed by atoms with Gasteiger partial charge in [0.25, 0.3) is 0 Å². The van der Waals surface area contributed by atoms with Crippen molar-refractivity contribution in [2.24, 2.45) is 0 Å². The summed E-state index contributed by atoms with van der Waals surface area (Å²) < 4.78 is 17.8. The Hall–Kier alpha value is -2.60. The number of fused-ring (bicyclic) bond motifs is 1. The van der Waals surface area contributed by atoms with E-state index >= 15 is 0 Å². The van der Waals surface area contributed by atoms with Crippen LogP contribution in [-0.4, -0.2) is 61.7 Å². The van der Waals surface area contributed by atoms with Gasteiger partial charge in [-0.15, -0.1) is 0 Å². The van der Waals surface area contributed by atoms with Crippen molar-refractivity contribution in [2.75, 3.05) is 39.5 Å². The zero-order valence-corrected chi connectivity index (χ0v) is 17.4. The van der Waals surface area contributed by atoms with E-state index in [0.717, 1.165) is 40.9 Å². The first-order valence-electron chi connectivity index (χ1n) is 10.5. The van der Waals surface area contributed by atoms with Crippen LogP contribution in [-0.2, 0) is 4.74 Å². The molecule has 5 nitrogen and oxygen atoms in total. The van der Waals surface area contributed by atoms with Gasteiger partial charge in [-0.05, 0) is 30.0 Å². The number of benzene rings is 3. The maximum atomic E-state index is 10.4. The van der Waals surface area contributed by atoms with Gasteiger partial charge in [-0.2, -0.15) is 0 Å². The smallest absolute Gasteiger partial charge is 0.127 e. The van der Waals surface area contributed by atoms with Crippen LogP contribution in [0.2, 0.25) is 0 Å². The normalized spacial score (nSPS) is 18.3. The fraction of sp³-hybridized carbons (Fsp3) is 0.360. The van der Waals surface area contributed by atoms with E-state index in [9.17, 15) is 5.11 Å². The van der Waals surface area contributed by atoms with Gasteiger partial charge in [-0.1, -0.05) is 54.6 Å². The van der Waals surface area contributed by atoms with E-state index in [4.69, 9.17) is 14.2 Å². The number of para-hydroxylation sites is 1. The van der Waals surface area contributed by atoms with Gasteiger partial charge < -0.3 is 19.3 Å². The molecular weight excluding hydrogens is 378 g/mol. The molecule has 1 aliphatic heterocycles. The number of β-amino-alcohol motifs (C(OH)–C–C–N with tert-alkyl or cyclic N) is 1. The molecule has 30 heavy (non-hydrogen) atoms. The van der Waals surface area contributed by atoms with Crippen LogP contribution in [0.1, 0.15) is 5.56 Å². The van der Waals surface area contributed by atoms with Gasteiger partial charge in [-0.25, -0.2) is 0 Å². The topological polar surface area (TPSA) is 51.2 Å². The van der Waals surface area contributed by atoms with Gasteiger partial charge in [0, 0.05) is 25.0 Å². The first-order chi connectivity index (χ1) is 14.7. The molecule has 0 spiro atoms. The van der Waals surface area contributed by atoms with Gasteiger partial charge in [0.05, 0.1) is 6.61 Å². The number of morpholine rings is 1. The van der Waals surface area contributed by atoms with Crippen LogP contribution in [0.15, 0.2) is 66.7 Å². The molecule has 0 aromatic heterocycles. The second kappa shape index (κ2) is 9.94. The van der Waals surface area contributed by atoms with Crippen LogP contribution in [0, 0.1) is 6.92 Å². The number of nitrogens with zero attached hydrogens (tertiary/aromatic N) is 1. The predicted octanol–water partition coefficient (Wildman–Crippen LogP) is 3.67. The Morgan fingerprint density at radius 2 is 1.77 bits per heavy atom. The highest BCUT2D eigenvalue weighted by atomic mass is 16.5. The van der Waals surface area contributed by atoms with Crippen molar-refractivity contribution in [1.82, 2.24) is 4.90 Å². The maximum absolute atomic E-state index is 10.4. The molecule has 0 radical (unpaired) electrons. The van der Waals surface area contributed by atoms with Gasteiger partial charge in [0.2, 0.25) is 0 Å². The van der Waals surface area contributed by atoms with Crippen molar-refractivity contribution in [2.45, 2.75) is 19.1 Å². The number of aryl methyl sites for hydroxylation is 1. The fourth-order valence-corrected chi connectivity index (χ4v) is 3.81. The van der Waals surface area contributed by atoms with Crippen LogP contribution in [0.4, 0.5) is 0 Å². The molecule has 3 aromatic carbocycles. The Kier molecular flexibility index (Phi) is 6.84. The molecule has 0 amide bonds. The lowest BCUT2D eigenvalue weighted by molar-refractivity contribution is -0.0599. The Morgan fingerprint density at radius 1 is 1.00 bits per heavy atom. The number of hydrogen-bond donors (Lipinski definition) is 1. The highest BCUT2D eigenvalue weighted by molar-refractivity contribution is 5.88. The van der Waals surface area contributed by atoms with E-state index in [1.807, 2.05) is 55.5 Å². The number of aliphatic hydroxyl groups is 1. The molecular formula is C25H29NO4. The van der Waals surface area contributed by atoms with Crippen LogP contribution >= 0.6 is 0 Å². The third kappa shape index (κ3) is 5.30. The van der Waals surface area contributed by atoms with Gasteiger partial charge in [-0.3, -0.25) is 4.90 Å². The summed E-state index contributed by atoms with van der Waals surface area (Å²) in [4.78, 5) is 2.21. The maximum Gasteiger partial charge on any atom is 0.127 e. The number of ether oxygens (including phenoxy) is 3. The van der Waals surface area contributed by atoms with Crippen molar-refractivity contribution in [3.8, 4) is 11.5 Å². The third-order valence-electron chi connectivity index (χ3n) is 5.39. The van der Waals surface area contributed by atoms with Crippen molar-refractivity contribution in [3.05, 3.63) is 72.3 Å². The van der Waals surface area contributed by atoms with Crippen LogP contribution in [0.25, 0.3) is 10.8 Å². The zero-order chi connectivity index (χ0) is 20.8. The molecule has 1 aliphatic rings. The summed E-state index contributed by atoms with van der Waals surface area (Å²) in [6, 6.07) is 22.2. The predicted molar refractivity (Wildman–Crippen MR) is 118 cm³/mol. The number of aliphatic hydroxyl groups excluding tert-OH is 1. The largest absolute Gasteiger partial charge is 0.491 e. The van der Waals surface area contributed by atoms with Crippen LogP contribution < -0.4 is 9.47 Å². The van der Waals surface area contributed by atoms with E-state index in [0.29, 0.717) is 19.8 Å². The highest BCUT2D eigenvalue weighted by Gasteiger charge is 2.23. The van der Waals surface area contributed by atoms with Crippen molar-refractivity contribution in [1.29, 1.82) is 0 Å².